The van der Waals surface area contributed by atoms with Crippen LogP contribution in [0.2, 0.25) is 0 Å². The molecular formula is C16H15BrN2OS2. The first-order valence-electron chi connectivity index (χ1n) is 6.96. The van der Waals surface area contributed by atoms with Crippen LogP contribution in [0.25, 0.3) is 10.8 Å². The Labute approximate surface area is 146 Å². The molecule has 3 nitrogen and oxygen atoms in total. The lowest BCUT2D eigenvalue weighted by Crippen LogP contribution is -1.81. The number of halogens is 1. The fraction of sp³-hybridized carbons (Fsp3) is 0.250. The maximum atomic E-state index is 5.80. The largest absolute Gasteiger partial charge is 0.419 e. The second kappa shape index (κ2) is 6.98. The minimum absolute atomic E-state index is 0.621. The quantitative estimate of drug-likeness (QED) is 0.518. The molecule has 3 aromatic rings. The van der Waals surface area contributed by atoms with E-state index in [1.165, 1.54) is 15.3 Å². The van der Waals surface area contributed by atoms with Gasteiger partial charge in [0.05, 0.1) is 10.6 Å². The molecule has 0 saturated carbocycles. The fourth-order valence-corrected chi connectivity index (χ4v) is 4.53. The second-order valence-corrected chi connectivity index (χ2v) is 7.80. The zero-order valence-corrected chi connectivity index (χ0v) is 15.5. The van der Waals surface area contributed by atoms with Crippen molar-refractivity contribution in [2.75, 3.05) is 0 Å². The molecule has 6 heteroatoms. The molecule has 0 radical (unpaired) electrons. The molecule has 0 aliphatic heterocycles. The van der Waals surface area contributed by atoms with Crippen LogP contribution in [0.15, 0.2) is 44.1 Å². The maximum Gasteiger partial charge on any atom is 0.257 e. The van der Waals surface area contributed by atoms with Gasteiger partial charge in [0, 0.05) is 14.2 Å². The number of thioether (sulfide) groups is 1. The van der Waals surface area contributed by atoms with Crippen LogP contribution in [-0.2, 0) is 12.2 Å². The number of aryl methyl sites for hydroxylation is 2. The van der Waals surface area contributed by atoms with Gasteiger partial charge in [0.2, 0.25) is 5.89 Å². The van der Waals surface area contributed by atoms with Crippen molar-refractivity contribution >= 4 is 39.0 Å². The summed E-state index contributed by atoms with van der Waals surface area (Å²) in [6, 6.07) is 10.3. The van der Waals surface area contributed by atoms with Gasteiger partial charge >= 0.3 is 0 Å². The van der Waals surface area contributed by atoms with E-state index >= 15 is 0 Å². The van der Waals surface area contributed by atoms with Gasteiger partial charge in [-0.15, -0.1) is 33.3 Å². The van der Waals surface area contributed by atoms with Crippen molar-refractivity contribution in [1.29, 1.82) is 0 Å². The number of nitrogens with zero attached hydrogens (tertiary/aromatic N) is 2. The van der Waals surface area contributed by atoms with Gasteiger partial charge < -0.3 is 4.42 Å². The van der Waals surface area contributed by atoms with Crippen LogP contribution in [0.3, 0.4) is 0 Å². The fourth-order valence-electron chi connectivity index (χ4n) is 2.09. The molecule has 0 N–H and O–H groups in total. The van der Waals surface area contributed by atoms with Crippen LogP contribution < -0.4 is 0 Å². The van der Waals surface area contributed by atoms with Crippen LogP contribution in [0, 0.1) is 6.92 Å². The summed E-state index contributed by atoms with van der Waals surface area (Å²) in [5.74, 6) is 1.94. The highest BCUT2D eigenvalue weighted by Crippen LogP contribution is 2.33. The van der Waals surface area contributed by atoms with E-state index in [-0.39, 0.29) is 0 Å². The van der Waals surface area contributed by atoms with Gasteiger partial charge in [0.15, 0.2) is 0 Å². The lowest BCUT2D eigenvalue weighted by atomic mass is 10.2. The van der Waals surface area contributed by atoms with Gasteiger partial charge in [0.1, 0.15) is 0 Å². The topological polar surface area (TPSA) is 38.9 Å². The summed E-state index contributed by atoms with van der Waals surface area (Å²) in [6.07, 6.45) is 1.04. The van der Waals surface area contributed by atoms with E-state index in [1.54, 1.807) is 23.1 Å². The highest BCUT2D eigenvalue weighted by molar-refractivity contribution is 9.10. The van der Waals surface area contributed by atoms with Gasteiger partial charge in [-0.2, -0.15) is 0 Å². The third-order valence-electron chi connectivity index (χ3n) is 3.21. The third-order valence-corrected chi connectivity index (χ3v) is 6.59. The Morgan fingerprint density at radius 2 is 2.09 bits per heavy atom. The summed E-state index contributed by atoms with van der Waals surface area (Å²) >= 11 is 6.96. The van der Waals surface area contributed by atoms with Crippen molar-refractivity contribution < 1.29 is 4.42 Å². The van der Waals surface area contributed by atoms with Gasteiger partial charge in [-0.3, -0.25) is 0 Å². The Morgan fingerprint density at radius 1 is 1.27 bits per heavy atom. The Balaban J connectivity index is 1.72. The average molecular weight is 395 g/mol. The molecule has 0 atom stereocenters. The van der Waals surface area contributed by atoms with E-state index in [1.807, 2.05) is 18.2 Å². The van der Waals surface area contributed by atoms with Crippen LogP contribution in [0.1, 0.15) is 23.3 Å². The van der Waals surface area contributed by atoms with Crippen LogP contribution in [0.4, 0.5) is 0 Å². The summed E-state index contributed by atoms with van der Waals surface area (Å²) in [5.41, 5.74) is 1.30. The molecule has 2 aromatic heterocycles. The van der Waals surface area contributed by atoms with E-state index < -0.39 is 0 Å². The Hall–Kier alpha value is -1.11. The van der Waals surface area contributed by atoms with Crippen LogP contribution in [0.5, 0.6) is 0 Å². The molecule has 114 valence electrons. The molecule has 3 rings (SSSR count). The first-order chi connectivity index (χ1) is 10.7. The van der Waals surface area contributed by atoms with E-state index in [4.69, 9.17) is 4.42 Å². The zero-order chi connectivity index (χ0) is 15.5. The first-order valence-corrected chi connectivity index (χ1v) is 9.56. The van der Waals surface area contributed by atoms with Gasteiger partial charge in [-0.25, -0.2) is 0 Å². The van der Waals surface area contributed by atoms with E-state index in [0.29, 0.717) is 17.5 Å². The lowest BCUT2D eigenvalue weighted by molar-refractivity contribution is 0.529. The lowest BCUT2D eigenvalue weighted by Gasteiger charge is -2.00. The molecule has 0 fully saturated rings. The minimum Gasteiger partial charge on any atom is -0.419 e. The van der Waals surface area contributed by atoms with Gasteiger partial charge in [0.25, 0.3) is 5.89 Å². The number of rotatable bonds is 5. The normalized spacial score (nSPS) is 11.0. The summed E-state index contributed by atoms with van der Waals surface area (Å²) in [6.45, 7) is 4.29. The monoisotopic (exact) mass is 394 g/mol. The highest BCUT2D eigenvalue weighted by Gasteiger charge is 2.13. The zero-order valence-electron chi connectivity index (χ0n) is 12.3. The van der Waals surface area contributed by atoms with Crippen molar-refractivity contribution in [3.63, 3.8) is 0 Å². The summed E-state index contributed by atoms with van der Waals surface area (Å²) in [5, 5.41) is 8.33. The van der Waals surface area contributed by atoms with Crippen LogP contribution in [-0.4, -0.2) is 10.2 Å². The molecule has 0 bridgehead atoms. The van der Waals surface area contributed by atoms with Crippen LogP contribution >= 0.6 is 39.0 Å². The third kappa shape index (κ3) is 3.45. The number of thiophene rings is 1. The molecule has 0 aliphatic rings. The van der Waals surface area contributed by atoms with Crippen molar-refractivity contribution in [2.24, 2.45) is 0 Å². The molecule has 0 amide bonds. The predicted octanol–water partition coefficient (Wildman–Crippen LogP) is 5.72. The molecule has 0 spiro atoms. The van der Waals surface area contributed by atoms with Crippen molar-refractivity contribution in [3.8, 4) is 10.8 Å². The number of hydrogen-bond donors (Lipinski definition) is 0. The summed E-state index contributed by atoms with van der Waals surface area (Å²) in [4.78, 5) is 3.60. The standard InChI is InChI=1S/C16H15BrN2OS2/c1-3-12-10(2)8-14(22-12)16-19-18-15(20-16)9-21-13-7-5-4-6-11(13)17/h4-8H,3,9H2,1-2H3. The predicted molar refractivity (Wildman–Crippen MR) is 95.4 cm³/mol. The minimum atomic E-state index is 0.621. The van der Waals surface area contributed by atoms with E-state index in [2.05, 4.69) is 52.1 Å². The number of benzene rings is 1. The first kappa shape index (κ1) is 15.8. The summed E-state index contributed by atoms with van der Waals surface area (Å²) < 4.78 is 6.88. The molecule has 2 heterocycles. The number of aromatic nitrogens is 2. The molecule has 0 aliphatic carbocycles. The van der Waals surface area contributed by atoms with Crippen molar-refractivity contribution in [2.45, 2.75) is 30.9 Å². The van der Waals surface area contributed by atoms with Gasteiger partial charge in [-0.05, 0) is 53.0 Å². The average Bonchev–Trinajstić information content (AvgIpc) is 3.12. The SMILES string of the molecule is CCc1sc(-c2nnc(CSc3ccccc3Br)o2)cc1C. The highest BCUT2D eigenvalue weighted by atomic mass is 79.9. The molecular weight excluding hydrogens is 380 g/mol. The Kier molecular flexibility index (Phi) is 5.00. The number of hydrogen-bond acceptors (Lipinski definition) is 5. The van der Waals surface area contributed by atoms with Crippen molar-refractivity contribution in [1.82, 2.24) is 10.2 Å². The Bertz CT molecular complexity index is 782. The van der Waals surface area contributed by atoms with E-state index in [9.17, 15) is 0 Å². The smallest absolute Gasteiger partial charge is 0.257 e. The Morgan fingerprint density at radius 3 is 2.82 bits per heavy atom. The van der Waals surface area contributed by atoms with Gasteiger partial charge in [-0.1, -0.05) is 19.1 Å². The van der Waals surface area contributed by atoms with E-state index in [0.717, 1.165) is 15.8 Å². The molecule has 0 saturated heterocycles. The molecule has 0 unspecified atom stereocenters. The molecule has 22 heavy (non-hydrogen) atoms. The maximum absolute atomic E-state index is 5.80. The van der Waals surface area contributed by atoms with Crippen molar-refractivity contribution in [3.05, 3.63) is 51.1 Å². The molecule has 1 aromatic carbocycles. The summed E-state index contributed by atoms with van der Waals surface area (Å²) in [7, 11) is 0. The second-order valence-electron chi connectivity index (χ2n) is 4.79.